The van der Waals surface area contributed by atoms with Crippen LogP contribution in [0, 0.1) is 0 Å². The normalized spacial score (nSPS) is 14.7. The van der Waals surface area contributed by atoms with Gasteiger partial charge in [0.1, 0.15) is 62.5 Å². The summed E-state index contributed by atoms with van der Waals surface area (Å²) >= 11 is 0. The first-order valence-corrected chi connectivity index (χ1v) is 26.7. The van der Waals surface area contributed by atoms with Gasteiger partial charge in [-0.05, 0) is 93.0 Å². The monoisotopic (exact) mass is 937 g/mol. The Morgan fingerprint density at radius 2 is 0.614 bits per heavy atom. The molecule has 6 heteroatoms. The van der Waals surface area contributed by atoms with Crippen LogP contribution in [0.25, 0.3) is 65.3 Å². The Kier molecular flexibility index (Phi) is 17.2. The van der Waals surface area contributed by atoms with Crippen LogP contribution in [0.3, 0.4) is 0 Å². The molecule has 0 saturated carbocycles. The molecule has 8 aromatic rings. The molecule has 9 rings (SSSR count). The van der Waals surface area contributed by atoms with Gasteiger partial charge in [-0.15, -0.1) is 0 Å². The van der Waals surface area contributed by atoms with Crippen molar-refractivity contribution >= 4 is 43.1 Å². The molecule has 0 spiro atoms. The number of unbranched alkanes of at least 4 members (excludes halogenated alkanes) is 10. The highest BCUT2D eigenvalue weighted by atomic mass is 16.5. The largest absolute Gasteiger partial charge is 0.491 e. The van der Waals surface area contributed by atoms with Crippen LogP contribution in [-0.4, -0.2) is 70.3 Å². The minimum Gasteiger partial charge on any atom is -0.491 e. The molecule has 0 fully saturated rings. The van der Waals surface area contributed by atoms with Crippen molar-refractivity contribution in [1.82, 2.24) is 0 Å². The molecule has 8 aromatic carbocycles. The average Bonchev–Trinajstić information content (AvgIpc) is 3.40. The topological polar surface area (TPSA) is 46.2 Å². The van der Waals surface area contributed by atoms with Crippen molar-refractivity contribution in [3.05, 3.63) is 146 Å². The van der Waals surface area contributed by atoms with Gasteiger partial charge in [-0.3, -0.25) is 0 Å². The number of nitrogens with zero attached hydrogens (tertiary/aromatic N) is 1. The summed E-state index contributed by atoms with van der Waals surface area (Å²) in [5.74, 6) is 3.41. The maximum absolute atomic E-state index is 7.22. The van der Waals surface area contributed by atoms with Gasteiger partial charge < -0.3 is 28.2 Å². The molecule has 364 valence electrons. The van der Waals surface area contributed by atoms with Crippen LogP contribution in [0.1, 0.15) is 90.9 Å². The van der Waals surface area contributed by atoms with Crippen LogP contribution in [0.4, 0.5) is 0 Å². The van der Waals surface area contributed by atoms with E-state index in [0.29, 0.717) is 39.6 Å². The smallest absolute Gasteiger partial charge is 0.137 e. The van der Waals surface area contributed by atoms with Crippen LogP contribution < -0.4 is 18.9 Å². The summed E-state index contributed by atoms with van der Waals surface area (Å²) in [4.78, 5) is 0. The molecule has 1 aliphatic rings. The van der Waals surface area contributed by atoms with Gasteiger partial charge in [-0.1, -0.05) is 187 Å². The number of benzene rings is 8. The lowest BCUT2D eigenvalue weighted by Gasteiger charge is -2.39. The Labute approximate surface area is 417 Å². The summed E-state index contributed by atoms with van der Waals surface area (Å²) in [7, 11) is 0. The van der Waals surface area contributed by atoms with E-state index < -0.39 is 0 Å². The average molecular weight is 937 g/mol. The van der Waals surface area contributed by atoms with Gasteiger partial charge in [0.15, 0.2) is 0 Å². The van der Waals surface area contributed by atoms with Crippen molar-refractivity contribution in [2.24, 2.45) is 0 Å². The first-order chi connectivity index (χ1) is 34.7. The Hall–Kier alpha value is -6.08. The van der Waals surface area contributed by atoms with Crippen LogP contribution >= 0.6 is 0 Å². The van der Waals surface area contributed by atoms with Crippen molar-refractivity contribution in [1.29, 1.82) is 0 Å². The fraction of sp³-hybridized carbons (Fsp3) is 0.375. The molecule has 6 nitrogen and oxygen atoms in total. The molecular weight excluding hydrogens is 863 g/mol. The predicted octanol–water partition coefficient (Wildman–Crippen LogP) is 16.4. The first kappa shape index (κ1) is 48.9. The Morgan fingerprint density at radius 1 is 0.314 bits per heavy atom. The van der Waals surface area contributed by atoms with Gasteiger partial charge in [-0.25, -0.2) is 0 Å². The third kappa shape index (κ3) is 11.7. The SMILES string of the molecule is CCCCCCCC[N+]1(CCCCCCCC)CCOc2ccc3ccccc3c2-c2c(ccc3ccccc23)OCCOCCOc2ccc3ccccc3c2-c2c(ccc3ccccc23)OCC1. The second-order valence-corrected chi connectivity index (χ2v) is 19.4. The Bertz CT molecular complexity index is 2740. The molecule has 0 saturated heterocycles. The van der Waals surface area contributed by atoms with Crippen molar-refractivity contribution in [2.75, 3.05) is 65.8 Å². The highest BCUT2D eigenvalue weighted by Gasteiger charge is 2.29. The lowest BCUT2D eigenvalue weighted by molar-refractivity contribution is -0.928. The summed E-state index contributed by atoms with van der Waals surface area (Å²) in [6, 6.07) is 52.0. The Morgan fingerprint density at radius 3 is 0.957 bits per heavy atom. The zero-order valence-corrected chi connectivity index (χ0v) is 41.9. The predicted molar refractivity (Wildman–Crippen MR) is 293 cm³/mol. The maximum atomic E-state index is 7.22. The van der Waals surface area contributed by atoms with E-state index in [0.717, 1.165) is 108 Å². The van der Waals surface area contributed by atoms with Gasteiger partial charge in [-0.2, -0.15) is 0 Å². The maximum Gasteiger partial charge on any atom is 0.137 e. The number of rotatable bonds is 14. The van der Waals surface area contributed by atoms with E-state index in [1.54, 1.807) is 0 Å². The molecule has 1 aliphatic heterocycles. The van der Waals surface area contributed by atoms with Crippen LogP contribution in [0.15, 0.2) is 146 Å². The van der Waals surface area contributed by atoms with Crippen molar-refractivity contribution in [3.63, 3.8) is 0 Å². The van der Waals surface area contributed by atoms with E-state index in [-0.39, 0.29) is 0 Å². The summed E-state index contributed by atoms with van der Waals surface area (Å²) in [6.07, 6.45) is 15.2. The fourth-order valence-corrected chi connectivity index (χ4v) is 10.9. The molecule has 1 heterocycles. The third-order valence-corrected chi connectivity index (χ3v) is 14.7. The standard InChI is InChI=1S/C64H74NO5/c1-3-5-7-9-11-21-39-65(40-22-12-10-8-6-4-2)41-43-67-57-35-31-49-23-13-17-27-53(49)61(57)63-55-29-19-15-25-51(55)33-37-59(63)69-47-45-66-46-48-70-60-38-34-52-26-16-20-30-56(52)64(60)62-54-28-18-14-24-50(54)32-36-58(62)68-44-42-65/h13-20,23-38H,3-12,21-22,39-48H2,1-2H3/q+1. The molecule has 0 N–H and O–H groups in total. The highest BCUT2D eigenvalue weighted by molar-refractivity contribution is 6.11. The zero-order valence-electron chi connectivity index (χ0n) is 41.9. The van der Waals surface area contributed by atoms with E-state index in [4.69, 9.17) is 23.7 Å². The number of ether oxygens (including phenoxy) is 5. The van der Waals surface area contributed by atoms with Crippen molar-refractivity contribution < 1.29 is 28.2 Å². The highest BCUT2D eigenvalue weighted by Crippen LogP contribution is 2.47. The quantitative estimate of drug-likeness (QED) is 0.0803. The number of quaternary nitrogens is 1. The summed E-state index contributed by atoms with van der Waals surface area (Å²) in [5.41, 5.74) is 4.26. The van der Waals surface area contributed by atoms with Crippen LogP contribution in [0.5, 0.6) is 23.0 Å². The molecule has 0 radical (unpaired) electrons. The van der Waals surface area contributed by atoms with Gasteiger partial charge in [0, 0.05) is 22.3 Å². The summed E-state index contributed by atoms with van der Waals surface area (Å²) < 4.78 is 35.2. The van der Waals surface area contributed by atoms with Gasteiger partial charge in [0.05, 0.1) is 26.3 Å². The minimum absolute atomic E-state index is 0.390. The number of fused-ring (bicyclic) bond motifs is 14. The summed E-state index contributed by atoms with van der Waals surface area (Å²) in [6.45, 7) is 11.4. The first-order valence-electron chi connectivity index (χ1n) is 26.7. The van der Waals surface area contributed by atoms with Gasteiger partial charge >= 0.3 is 0 Å². The number of hydrogen-bond donors (Lipinski definition) is 0. The Balaban J connectivity index is 1.13. The molecule has 0 unspecified atom stereocenters. The molecule has 0 amide bonds. The second-order valence-electron chi connectivity index (χ2n) is 19.4. The number of hydrogen-bond acceptors (Lipinski definition) is 5. The van der Waals surface area contributed by atoms with E-state index in [1.165, 1.54) is 87.8 Å². The summed E-state index contributed by atoms with van der Waals surface area (Å²) in [5, 5.41) is 9.24. The van der Waals surface area contributed by atoms with Crippen LogP contribution in [0.2, 0.25) is 0 Å². The lowest BCUT2D eigenvalue weighted by atomic mass is 9.92. The second kappa shape index (κ2) is 24.7. The molecule has 0 aliphatic carbocycles. The molecule has 0 bridgehead atoms. The van der Waals surface area contributed by atoms with E-state index in [9.17, 15) is 0 Å². The molecule has 0 aromatic heterocycles. The molecule has 0 atom stereocenters. The lowest BCUT2D eigenvalue weighted by Crippen LogP contribution is -2.53. The zero-order chi connectivity index (χ0) is 47.8. The minimum atomic E-state index is 0.390. The van der Waals surface area contributed by atoms with Gasteiger partial charge in [0.25, 0.3) is 0 Å². The molecule has 70 heavy (non-hydrogen) atoms. The van der Waals surface area contributed by atoms with E-state index in [1.807, 2.05) is 0 Å². The fourth-order valence-electron chi connectivity index (χ4n) is 10.9. The van der Waals surface area contributed by atoms with Gasteiger partial charge in [0.2, 0.25) is 0 Å². The van der Waals surface area contributed by atoms with E-state index in [2.05, 4.69) is 159 Å². The van der Waals surface area contributed by atoms with E-state index >= 15 is 0 Å². The molecular formula is C64H74NO5+. The van der Waals surface area contributed by atoms with Crippen LogP contribution in [-0.2, 0) is 4.74 Å². The third-order valence-electron chi connectivity index (χ3n) is 14.7. The van der Waals surface area contributed by atoms with Crippen molar-refractivity contribution in [3.8, 4) is 45.3 Å². The van der Waals surface area contributed by atoms with Crippen molar-refractivity contribution in [2.45, 2.75) is 90.9 Å².